The van der Waals surface area contributed by atoms with Gasteiger partial charge in [-0.1, -0.05) is 76.2 Å². The van der Waals surface area contributed by atoms with Gasteiger partial charge in [0, 0.05) is 42.1 Å². The topological polar surface area (TPSA) is 93.8 Å². The summed E-state index contributed by atoms with van der Waals surface area (Å²) in [4.78, 5) is 25.1. The molecule has 1 atom stereocenters. The summed E-state index contributed by atoms with van der Waals surface area (Å²) in [7, 11) is 2.91. The number of nitrogens with zero attached hydrogens (tertiary/aromatic N) is 4. The van der Waals surface area contributed by atoms with Gasteiger partial charge in [0.05, 0.1) is 11.3 Å². The quantitative estimate of drug-likeness (QED) is 0.115. The number of carbonyl (C=O) groups excluding carboxylic acids is 2. The number of anilines is 2. The van der Waals surface area contributed by atoms with Gasteiger partial charge < -0.3 is 10.6 Å². The summed E-state index contributed by atoms with van der Waals surface area (Å²) in [6, 6.07) is 19.9. The number of hydrogen-bond acceptors (Lipinski definition) is 5. The summed E-state index contributed by atoms with van der Waals surface area (Å²) in [5, 5.41) is 13.0. The lowest BCUT2D eigenvalue weighted by atomic mass is 9.82. The van der Waals surface area contributed by atoms with E-state index in [1.54, 1.807) is 31.2 Å². The molecule has 0 spiro atoms. The van der Waals surface area contributed by atoms with E-state index >= 15 is 0 Å². The summed E-state index contributed by atoms with van der Waals surface area (Å²) >= 11 is -0.227. The summed E-state index contributed by atoms with van der Waals surface area (Å²) in [6.07, 6.45) is -0.728. The fourth-order valence-corrected chi connectivity index (χ4v) is 6.39. The molecule has 0 saturated carbocycles. The zero-order chi connectivity index (χ0) is 39.2. The fraction of sp³-hybridized carbons (Fsp3) is 0.316. The molecule has 15 heteroatoms. The van der Waals surface area contributed by atoms with Crippen LogP contribution in [0.2, 0.25) is 0 Å². The Kier molecular flexibility index (Phi) is 12.9. The Balaban J connectivity index is 0.000000241. The fourth-order valence-electron chi connectivity index (χ4n) is 5.85. The first-order valence-electron chi connectivity index (χ1n) is 16.4. The highest BCUT2D eigenvalue weighted by Gasteiger charge is 2.29. The van der Waals surface area contributed by atoms with Gasteiger partial charge in [0.25, 0.3) is 18.2 Å². The van der Waals surface area contributed by atoms with Crippen LogP contribution in [0.15, 0.2) is 83.9 Å². The van der Waals surface area contributed by atoms with Gasteiger partial charge in [0.1, 0.15) is 11.3 Å². The minimum absolute atomic E-state index is 0.00391. The van der Waals surface area contributed by atoms with E-state index in [-0.39, 0.29) is 39.1 Å². The Morgan fingerprint density at radius 3 is 2.00 bits per heavy atom. The predicted molar refractivity (Wildman–Crippen MR) is 195 cm³/mol. The zero-order valence-corrected chi connectivity index (χ0v) is 31.0. The van der Waals surface area contributed by atoms with Crippen molar-refractivity contribution in [2.45, 2.75) is 63.8 Å². The van der Waals surface area contributed by atoms with E-state index in [0.29, 0.717) is 22.5 Å². The van der Waals surface area contributed by atoms with Crippen LogP contribution < -0.4 is 10.6 Å². The highest BCUT2D eigenvalue weighted by atomic mass is 32.2. The lowest BCUT2D eigenvalue weighted by Crippen LogP contribution is -2.17. The molecule has 5 rings (SSSR count). The molecular weight excluding hydrogens is 719 g/mol. The maximum absolute atomic E-state index is 14.1. The average Bonchev–Trinajstić information content (AvgIpc) is 3.58. The summed E-state index contributed by atoms with van der Waals surface area (Å²) in [5.41, 5.74) is -1.50. The van der Waals surface area contributed by atoms with Crippen molar-refractivity contribution in [2.24, 2.45) is 19.5 Å². The van der Waals surface area contributed by atoms with Crippen LogP contribution in [0.3, 0.4) is 0 Å². The second-order valence-electron chi connectivity index (χ2n) is 13.6. The van der Waals surface area contributed by atoms with Crippen LogP contribution in [-0.2, 0) is 14.1 Å². The van der Waals surface area contributed by atoms with Crippen LogP contribution in [0, 0.1) is 18.3 Å². The van der Waals surface area contributed by atoms with Crippen LogP contribution >= 0.6 is 11.8 Å². The lowest BCUT2D eigenvalue weighted by molar-refractivity contribution is -0.0328. The van der Waals surface area contributed by atoms with Crippen molar-refractivity contribution in [1.29, 1.82) is 0 Å². The molecular formula is C38H40F6N6O2S. The smallest absolute Gasteiger partial charge is 0.322 e. The van der Waals surface area contributed by atoms with Crippen molar-refractivity contribution in [1.82, 2.24) is 19.6 Å². The predicted octanol–water partition coefficient (Wildman–Crippen LogP) is 10.5. The van der Waals surface area contributed by atoms with Crippen molar-refractivity contribution in [2.75, 3.05) is 10.6 Å². The highest BCUT2D eigenvalue weighted by molar-refractivity contribution is 8.00. The molecule has 0 radical (unpaired) electrons. The third-order valence-corrected chi connectivity index (χ3v) is 8.66. The molecule has 2 amide bonds. The molecule has 3 aromatic carbocycles. The van der Waals surface area contributed by atoms with E-state index in [2.05, 4.69) is 48.5 Å². The number of halogens is 6. The third-order valence-electron chi connectivity index (χ3n) is 7.92. The summed E-state index contributed by atoms with van der Waals surface area (Å²) in [6.45, 7) is 10.4. The number of alkyl halides is 5. The van der Waals surface area contributed by atoms with E-state index in [0.717, 1.165) is 27.0 Å². The molecule has 0 aliphatic rings. The standard InChI is InChI=1S/C19H14F5N3OS.C19H26FN3O/c1-27-10-14(16(26-27)17(20)21)18(28)25-15-5-3-2-4-13(15)11-6-8-12(9-7-11)29-19(22,23)24;1-12(11-19(3,4)5)14-9-7-8-10-15(14)21-18(24)16-13(2)22-23(6)17(16)20/h2-10,17H,1H3,(H,25,28);7-10,12H,11H2,1-6H3,(H,21,24). The number of carbonyl (C=O) groups is 2. The number of benzene rings is 3. The largest absolute Gasteiger partial charge is 0.446 e. The molecule has 1 unspecified atom stereocenters. The first-order valence-corrected chi connectivity index (χ1v) is 17.2. The van der Waals surface area contributed by atoms with Crippen LogP contribution in [0.4, 0.5) is 37.7 Å². The van der Waals surface area contributed by atoms with Crippen molar-refractivity contribution >= 4 is 35.0 Å². The Hall–Kier alpha value is -5.05. The van der Waals surface area contributed by atoms with Gasteiger partial charge in [0.2, 0.25) is 5.95 Å². The number of thioether (sulfide) groups is 1. The van der Waals surface area contributed by atoms with Crippen LogP contribution in [0.1, 0.15) is 84.1 Å². The van der Waals surface area contributed by atoms with Gasteiger partial charge in [-0.05, 0) is 71.8 Å². The van der Waals surface area contributed by atoms with Crippen molar-refractivity contribution in [3.63, 3.8) is 0 Å². The molecule has 8 nitrogen and oxygen atoms in total. The van der Waals surface area contributed by atoms with Gasteiger partial charge in [-0.3, -0.25) is 14.3 Å². The van der Waals surface area contributed by atoms with E-state index < -0.39 is 35.4 Å². The normalized spacial score (nSPS) is 12.3. The molecule has 0 aliphatic carbocycles. The first kappa shape index (κ1) is 40.7. The lowest BCUT2D eigenvalue weighted by Gasteiger charge is -2.25. The van der Waals surface area contributed by atoms with Crippen molar-refractivity contribution in [3.8, 4) is 11.1 Å². The zero-order valence-electron chi connectivity index (χ0n) is 30.1. The second-order valence-corrected chi connectivity index (χ2v) is 14.7. The molecule has 53 heavy (non-hydrogen) atoms. The molecule has 2 N–H and O–H groups in total. The monoisotopic (exact) mass is 758 g/mol. The molecule has 2 aromatic heterocycles. The van der Waals surface area contributed by atoms with E-state index in [1.165, 1.54) is 44.6 Å². The maximum Gasteiger partial charge on any atom is 0.446 e. The second kappa shape index (κ2) is 16.7. The minimum Gasteiger partial charge on any atom is -0.322 e. The molecule has 0 saturated heterocycles. The van der Waals surface area contributed by atoms with E-state index in [1.807, 2.05) is 24.3 Å². The minimum atomic E-state index is -4.39. The van der Waals surface area contributed by atoms with E-state index in [9.17, 15) is 35.9 Å². The van der Waals surface area contributed by atoms with Gasteiger partial charge in [-0.2, -0.15) is 27.8 Å². The first-order chi connectivity index (χ1) is 24.7. The molecule has 5 aromatic rings. The van der Waals surface area contributed by atoms with Crippen molar-refractivity contribution in [3.05, 3.63) is 113 Å². The highest BCUT2D eigenvalue weighted by Crippen LogP contribution is 2.38. The van der Waals surface area contributed by atoms with Gasteiger partial charge >= 0.3 is 5.51 Å². The van der Waals surface area contributed by atoms with Crippen LogP contribution in [0.5, 0.6) is 0 Å². The maximum atomic E-state index is 14.1. The Morgan fingerprint density at radius 2 is 1.43 bits per heavy atom. The molecule has 0 aliphatic heterocycles. The number of aromatic nitrogens is 4. The Labute approximate surface area is 308 Å². The number of hydrogen-bond donors (Lipinski definition) is 2. The number of amides is 2. The summed E-state index contributed by atoms with van der Waals surface area (Å²) < 4.78 is 79.9. The molecule has 282 valence electrons. The van der Waals surface area contributed by atoms with Gasteiger partial charge in [0.15, 0.2) is 0 Å². The van der Waals surface area contributed by atoms with Gasteiger partial charge in [-0.15, -0.1) is 0 Å². The average molecular weight is 759 g/mol. The molecule has 0 bridgehead atoms. The number of aryl methyl sites for hydroxylation is 3. The Morgan fingerprint density at radius 1 is 0.849 bits per heavy atom. The third kappa shape index (κ3) is 11.0. The molecule has 2 heterocycles. The number of para-hydroxylation sites is 2. The van der Waals surface area contributed by atoms with Crippen LogP contribution in [0.25, 0.3) is 11.1 Å². The van der Waals surface area contributed by atoms with E-state index in [4.69, 9.17) is 0 Å². The SMILES string of the molecule is Cc1nn(C)c(F)c1C(=O)Nc1ccccc1C(C)CC(C)(C)C.Cn1cc(C(=O)Nc2ccccc2-c2ccc(SC(F)(F)F)cc2)c(C(F)F)n1. The summed E-state index contributed by atoms with van der Waals surface area (Å²) in [5.74, 6) is -1.56. The van der Waals surface area contributed by atoms with Gasteiger partial charge in [-0.25, -0.2) is 13.5 Å². The molecule has 0 fully saturated rings. The number of nitrogens with one attached hydrogen (secondary N) is 2. The van der Waals surface area contributed by atoms with Crippen molar-refractivity contribution < 1.29 is 35.9 Å². The number of rotatable bonds is 9. The van der Waals surface area contributed by atoms with Crippen LogP contribution in [-0.4, -0.2) is 36.9 Å². The Bertz CT molecular complexity index is 2050.